The van der Waals surface area contributed by atoms with E-state index in [1.807, 2.05) is 18.2 Å². The minimum atomic E-state index is -1.06. The van der Waals surface area contributed by atoms with Gasteiger partial charge in [-0.15, -0.1) is 10.2 Å². The van der Waals surface area contributed by atoms with Gasteiger partial charge in [0.2, 0.25) is 5.82 Å². The zero-order chi connectivity index (χ0) is 19.2. The lowest BCUT2D eigenvalue weighted by Gasteiger charge is -2.09. The Kier molecular flexibility index (Phi) is 5.71. The molecule has 0 aliphatic rings. The maximum Gasteiger partial charge on any atom is 0.336 e. The van der Waals surface area contributed by atoms with Gasteiger partial charge in [0.05, 0.1) is 5.56 Å². The summed E-state index contributed by atoms with van der Waals surface area (Å²) in [5, 5.41) is 35.3. The Morgan fingerprint density at radius 1 is 1.30 bits per heavy atom. The zero-order valence-corrected chi connectivity index (χ0v) is 15.1. The Morgan fingerprint density at radius 2 is 2.07 bits per heavy atom. The first-order valence-corrected chi connectivity index (χ1v) is 8.67. The molecule has 134 valence electrons. The van der Waals surface area contributed by atoms with Crippen molar-refractivity contribution in [3.8, 4) is 6.07 Å². The van der Waals surface area contributed by atoms with Crippen LogP contribution in [0.25, 0.3) is 5.57 Å². The van der Waals surface area contributed by atoms with Crippen LogP contribution in [0, 0.1) is 11.3 Å². The van der Waals surface area contributed by atoms with E-state index >= 15 is 0 Å². The van der Waals surface area contributed by atoms with Crippen LogP contribution in [0.4, 0.5) is 5.69 Å². The highest BCUT2D eigenvalue weighted by molar-refractivity contribution is 7.99. The highest BCUT2D eigenvalue weighted by atomic mass is 35.5. The normalized spacial score (nSPS) is 11.0. The standard InChI is InChI=1S/C17H11ClN6O2S/c18-11-1-4-13(5-2-11)27-15-6-3-12(7-14(15)17(25)26)20-9-10(8-19)16-21-23-24-22-16/h1-7,9,20H,(H,25,26)(H,21,22,23,24). The van der Waals surface area contributed by atoms with Crippen LogP contribution < -0.4 is 5.32 Å². The summed E-state index contributed by atoms with van der Waals surface area (Å²) in [4.78, 5) is 13.1. The quantitative estimate of drug-likeness (QED) is 0.536. The van der Waals surface area contributed by atoms with Gasteiger partial charge in [0.1, 0.15) is 11.6 Å². The first kappa shape index (κ1) is 18.4. The zero-order valence-electron chi connectivity index (χ0n) is 13.5. The van der Waals surface area contributed by atoms with Crippen LogP contribution in [0.15, 0.2) is 58.5 Å². The van der Waals surface area contributed by atoms with Gasteiger partial charge in [-0.05, 0) is 47.7 Å². The lowest BCUT2D eigenvalue weighted by atomic mass is 10.2. The fourth-order valence-electron chi connectivity index (χ4n) is 2.08. The number of anilines is 1. The summed E-state index contributed by atoms with van der Waals surface area (Å²) in [5.74, 6) is -0.920. The van der Waals surface area contributed by atoms with E-state index in [-0.39, 0.29) is 17.0 Å². The Hall–Kier alpha value is -3.35. The molecule has 1 aromatic heterocycles. The molecule has 0 saturated carbocycles. The van der Waals surface area contributed by atoms with Gasteiger partial charge in [-0.3, -0.25) is 0 Å². The average molecular weight is 399 g/mol. The van der Waals surface area contributed by atoms with E-state index in [0.717, 1.165) is 4.90 Å². The second-order valence-electron chi connectivity index (χ2n) is 5.12. The van der Waals surface area contributed by atoms with E-state index in [2.05, 4.69) is 25.9 Å². The minimum Gasteiger partial charge on any atom is -0.478 e. The number of benzene rings is 2. The molecule has 0 bridgehead atoms. The van der Waals surface area contributed by atoms with Gasteiger partial charge in [0.25, 0.3) is 0 Å². The molecule has 0 fully saturated rings. The molecule has 0 aliphatic heterocycles. The van der Waals surface area contributed by atoms with Crippen molar-refractivity contribution in [1.82, 2.24) is 20.6 Å². The number of carboxylic acid groups (broad SMARTS) is 1. The minimum absolute atomic E-state index is 0.131. The number of nitriles is 1. The molecule has 3 rings (SSSR count). The summed E-state index contributed by atoms with van der Waals surface area (Å²) in [5.41, 5.74) is 0.788. The third-order valence-electron chi connectivity index (χ3n) is 3.34. The number of carboxylic acids is 1. The molecular weight excluding hydrogens is 388 g/mol. The van der Waals surface area contributed by atoms with Crippen LogP contribution in [0.5, 0.6) is 0 Å². The predicted molar refractivity (Wildman–Crippen MR) is 100 cm³/mol. The fourth-order valence-corrected chi connectivity index (χ4v) is 3.13. The number of aromatic nitrogens is 4. The van der Waals surface area contributed by atoms with E-state index in [0.29, 0.717) is 15.6 Å². The maximum atomic E-state index is 11.6. The Bertz CT molecular complexity index is 1030. The van der Waals surface area contributed by atoms with Crippen molar-refractivity contribution in [3.63, 3.8) is 0 Å². The van der Waals surface area contributed by atoms with E-state index < -0.39 is 5.97 Å². The number of tetrazole rings is 1. The summed E-state index contributed by atoms with van der Waals surface area (Å²) in [7, 11) is 0. The number of H-pyrrole nitrogens is 1. The molecular formula is C17H11ClN6O2S. The Balaban J connectivity index is 1.84. The molecule has 0 spiro atoms. The van der Waals surface area contributed by atoms with Gasteiger partial charge in [-0.2, -0.15) is 10.5 Å². The first-order valence-electron chi connectivity index (χ1n) is 7.48. The van der Waals surface area contributed by atoms with Crippen molar-refractivity contribution < 1.29 is 9.90 Å². The number of allylic oxidation sites excluding steroid dienone is 1. The highest BCUT2D eigenvalue weighted by Crippen LogP contribution is 2.32. The van der Waals surface area contributed by atoms with Crippen molar-refractivity contribution >= 4 is 40.6 Å². The molecule has 8 nitrogen and oxygen atoms in total. The lowest BCUT2D eigenvalue weighted by molar-refractivity contribution is 0.0693. The molecule has 0 atom stereocenters. The summed E-state index contributed by atoms with van der Waals surface area (Å²) in [6.45, 7) is 0. The second-order valence-corrected chi connectivity index (χ2v) is 6.67. The molecule has 27 heavy (non-hydrogen) atoms. The van der Waals surface area contributed by atoms with Gasteiger partial charge >= 0.3 is 5.97 Å². The molecule has 0 radical (unpaired) electrons. The molecule has 0 amide bonds. The molecule has 3 aromatic rings. The van der Waals surface area contributed by atoms with Gasteiger partial charge in [0, 0.05) is 26.7 Å². The molecule has 10 heteroatoms. The van der Waals surface area contributed by atoms with Crippen LogP contribution >= 0.6 is 23.4 Å². The van der Waals surface area contributed by atoms with Crippen LogP contribution in [0.2, 0.25) is 5.02 Å². The molecule has 0 saturated heterocycles. The molecule has 1 heterocycles. The number of nitrogens with zero attached hydrogens (tertiary/aromatic N) is 4. The number of carbonyl (C=O) groups is 1. The van der Waals surface area contributed by atoms with Gasteiger partial charge in [-0.25, -0.2) is 4.79 Å². The van der Waals surface area contributed by atoms with Gasteiger partial charge < -0.3 is 10.4 Å². The van der Waals surface area contributed by atoms with Gasteiger partial charge in [0.15, 0.2) is 0 Å². The van der Waals surface area contributed by atoms with E-state index in [1.165, 1.54) is 24.0 Å². The second kappa shape index (κ2) is 8.35. The van der Waals surface area contributed by atoms with Gasteiger partial charge in [-0.1, -0.05) is 23.4 Å². The molecule has 3 N–H and O–H groups in total. The number of hydrogen-bond acceptors (Lipinski definition) is 7. The summed E-state index contributed by atoms with van der Waals surface area (Å²) in [6, 6.07) is 14.0. The maximum absolute atomic E-state index is 11.6. The molecule has 2 aromatic carbocycles. The number of hydrogen-bond donors (Lipinski definition) is 3. The third kappa shape index (κ3) is 4.63. The summed E-state index contributed by atoms with van der Waals surface area (Å²) < 4.78 is 0. The average Bonchev–Trinajstić information content (AvgIpc) is 3.19. The molecule has 0 unspecified atom stereocenters. The number of halogens is 1. The number of aromatic carboxylic acids is 1. The smallest absolute Gasteiger partial charge is 0.336 e. The number of nitrogens with one attached hydrogen (secondary N) is 2. The van der Waals surface area contributed by atoms with Crippen molar-refractivity contribution in [2.45, 2.75) is 9.79 Å². The predicted octanol–water partition coefficient (Wildman–Crippen LogP) is 3.68. The fraction of sp³-hybridized carbons (Fsp3) is 0. The molecule has 0 aliphatic carbocycles. The Labute approximate surface area is 162 Å². The van der Waals surface area contributed by atoms with Crippen molar-refractivity contribution in [2.24, 2.45) is 0 Å². The SMILES string of the molecule is N#CC(=CNc1ccc(Sc2ccc(Cl)cc2)c(C(=O)O)c1)c1nn[nH]n1. The first-order chi connectivity index (χ1) is 13.1. The number of aromatic amines is 1. The van der Waals surface area contributed by atoms with Crippen molar-refractivity contribution in [3.05, 3.63) is 65.1 Å². The largest absolute Gasteiger partial charge is 0.478 e. The van der Waals surface area contributed by atoms with Crippen LogP contribution in [-0.2, 0) is 0 Å². The monoisotopic (exact) mass is 398 g/mol. The van der Waals surface area contributed by atoms with Crippen molar-refractivity contribution in [1.29, 1.82) is 5.26 Å². The number of rotatable bonds is 6. The summed E-state index contributed by atoms with van der Waals surface area (Å²) in [6.07, 6.45) is 1.39. The third-order valence-corrected chi connectivity index (χ3v) is 4.68. The highest BCUT2D eigenvalue weighted by Gasteiger charge is 2.13. The van der Waals surface area contributed by atoms with Crippen molar-refractivity contribution in [2.75, 3.05) is 5.32 Å². The van der Waals surface area contributed by atoms with Crippen LogP contribution in [0.1, 0.15) is 16.2 Å². The van der Waals surface area contributed by atoms with Crippen LogP contribution in [-0.4, -0.2) is 31.7 Å². The van der Waals surface area contributed by atoms with E-state index in [1.54, 1.807) is 24.3 Å². The summed E-state index contributed by atoms with van der Waals surface area (Å²) >= 11 is 7.19. The van der Waals surface area contributed by atoms with Crippen LogP contribution in [0.3, 0.4) is 0 Å². The van der Waals surface area contributed by atoms with E-state index in [4.69, 9.17) is 16.9 Å². The Morgan fingerprint density at radius 3 is 2.70 bits per heavy atom. The lowest BCUT2D eigenvalue weighted by Crippen LogP contribution is -2.01. The van der Waals surface area contributed by atoms with E-state index in [9.17, 15) is 9.90 Å². The topological polar surface area (TPSA) is 128 Å².